The average Bonchev–Trinajstić information content (AvgIpc) is 3.16. The lowest BCUT2D eigenvalue weighted by molar-refractivity contribution is -0.105. The Morgan fingerprint density at radius 1 is 1.03 bits per heavy atom. The maximum Gasteiger partial charge on any atom is 0.398 e. The van der Waals surface area contributed by atoms with Crippen LogP contribution < -0.4 is 10.6 Å². The number of benzene rings is 2. The van der Waals surface area contributed by atoms with Crippen molar-refractivity contribution >= 4 is 23.5 Å². The smallest absolute Gasteiger partial charge is 0.337 e. The third-order valence-electron chi connectivity index (χ3n) is 3.86. The number of alkyl halides is 3. The maximum absolute atomic E-state index is 12.4. The molecule has 29 heavy (non-hydrogen) atoms. The first-order valence-corrected chi connectivity index (χ1v) is 9.83. The number of thioether (sulfide) groups is 1. The Bertz CT molecular complexity index is 944. The number of anilines is 1. The van der Waals surface area contributed by atoms with E-state index >= 15 is 0 Å². The molecule has 5 nitrogen and oxygen atoms in total. The molecule has 0 fully saturated rings. The van der Waals surface area contributed by atoms with Crippen molar-refractivity contribution in [3.8, 4) is 5.69 Å². The zero-order chi connectivity index (χ0) is 20.7. The van der Waals surface area contributed by atoms with Crippen LogP contribution in [0.15, 0.2) is 71.8 Å². The van der Waals surface area contributed by atoms with E-state index in [-0.39, 0.29) is 0 Å². The molecule has 0 aliphatic rings. The second kappa shape index (κ2) is 9.51. The fraction of sp³-hybridized carbons (Fsp3) is 0.200. The van der Waals surface area contributed by atoms with E-state index < -0.39 is 18.0 Å². The summed E-state index contributed by atoms with van der Waals surface area (Å²) in [5.41, 5.74) is 2.10. The molecule has 1 aromatic heterocycles. The van der Waals surface area contributed by atoms with Gasteiger partial charge in [-0.05, 0) is 30.3 Å². The van der Waals surface area contributed by atoms with Gasteiger partial charge in [0.2, 0.25) is 0 Å². The van der Waals surface area contributed by atoms with E-state index in [4.69, 9.17) is 0 Å². The SMILES string of the molecule is O=C(NCCc1ccn(-c2ccccc2)n1)Nc1ccccc1SCC(F)(F)F. The second-order valence-electron chi connectivity index (χ2n) is 6.12. The number of nitrogens with one attached hydrogen (secondary N) is 2. The molecule has 2 aromatic carbocycles. The summed E-state index contributed by atoms with van der Waals surface area (Å²) < 4.78 is 39.1. The molecule has 2 N–H and O–H groups in total. The zero-order valence-electron chi connectivity index (χ0n) is 15.3. The van der Waals surface area contributed by atoms with Crippen LogP contribution in [0.1, 0.15) is 5.69 Å². The van der Waals surface area contributed by atoms with Gasteiger partial charge in [-0.3, -0.25) is 0 Å². The van der Waals surface area contributed by atoms with Crippen LogP contribution in [0.4, 0.5) is 23.7 Å². The molecule has 0 bridgehead atoms. The molecule has 9 heteroatoms. The monoisotopic (exact) mass is 420 g/mol. The van der Waals surface area contributed by atoms with Crippen molar-refractivity contribution in [2.75, 3.05) is 17.6 Å². The summed E-state index contributed by atoms with van der Waals surface area (Å²) in [4.78, 5) is 12.5. The highest BCUT2D eigenvalue weighted by molar-refractivity contribution is 7.99. The van der Waals surface area contributed by atoms with Crippen molar-refractivity contribution in [3.05, 3.63) is 72.6 Å². The molecule has 0 saturated carbocycles. The lowest BCUT2D eigenvalue weighted by atomic mass is 10.3. The molecule has 0 saturated heterocycles. The highest BCUT2D eigenvalue weighted by Gasteiger charge is 2.27. The Morgan fingerprint density at radius 3 is 2.52 bits per heavy atom. The van der Waals surface area contributed by atoms with Crippen LogP contribution in [0.2, 0.25) is 0 Å². The average molecular weight is 420 g/mol. The third kappa shape index (κ3) is 6.56. The normalized spacial score (nSPS) is 11.3. The first kappa shape index (κ1) is 20.8. The molecule has 2 amide bonds. The first-order valence-electron chi connectivity index (χ1n) is 8.84. The quantitative estimate of drug-likeness (QED) is 0.535. The van der Waals surface area contributed by atoms with E-state index in [0.29, 0.717) is 35.3 Å². The van der Waals surface area contributed by atoms with E-state index in [1.165, 1.54) is 0 Å². The summed E-state index contributed by atoms with van der Waals surface area (Å²) in [6, 6.07) is 17.4. The van der Waals surface area contributed by atoms with E-state index in [1.807, 2.05) is 42.6 Å². The number of carbonyl (C=O) groups is 1. The van der Waals surface area contributed by atoms with Crippen LogP contribution in [0.5, 0.6) is 0 Å². The number of aromatic nitrogens is 2. The van der Waals surface area contributed by atoms with Crippen molar-refractivity contribution in [2.45, 2.75) is 17.5 Å². The summed E-state index contributed by atoms with van der Waals surface area (Å²) in [7, 11) is 0. The summed E-state index contributed by atoms with van der Waals surface area (Å²) in [6.07, 6.45) is -1.90. The Balaban J connectivity index is 1.49. The third-order valence-corrected chi connectivity index (χ3v) is 5.00. The van der Waals surface area contributed by atoms with Gasteiger partial charge in [-0.1, -0.05) is 30.3 Å². The fourth-order valence-corrected chi connectivity index (χ4v) is 3.31. The summed E-state index contributed by atoms with van der Waals surface area (Å²) >= 11 is 0.637. The molecular weight excluding hydrogens is 401 g/mol. The Morgan fingerprint density at radius 2 is 1.76 bits per heavy atom. The van der Waals surface area contributed by atoms with Crippen molar-refractivity contribution in [1.29, 1.82) is 0 Å². The van der Waals surface area contributed by atoms with Gasteiger partial charge < -0.3 is 10.6 Å². The highest BCUT2D eigenvalue weighted by Crippen LogP contribution is 2.32. The number of nitrogens with zero attached hydrogens (tertiary/aromatic N) is 2. The molecule has 152 valence electrons. The van der Waals surface area contributed by atoms with Crippen LogP contribution in [0.25, 0.3) is 5.69 Å². The molecule has 3 aromatic rings. The Kier molecular flexibility index (Phi) is 6.82. The van der Waals surface area contributed by atoms with Gasteiger partial charge in [-0.2, -0.15) is 18.3 Å². The number of amides is 2. The van der Waals surface area contributed by atoms with Crippen molar-refractivity contribution in [2.24, 2.45) is 0 Å². The fourth-order valence-electron chi connectivity index (χ4n) is 2.55. The second-order valence-corrected chi connectivity index (χ2v) is 7.14. The first-order chi connectivity index (χ1) is 13.9. The maximum atomic E-state index is 12.4. The molecular formula is C20H19F3N4OS. The number of carbonyl (C=O) groups excluding carboxylic acids is 1. The molecule has 0 spiro atoms. The predicted molar refractivity (Wildman–Crippen MR) is 108 cm³/mol. The van der Waals surface area contributed by atoms with Crippen LogP contribution >= 0.6 is 11.8 Å². The van der Waals surface area contributed by atoms with Crippen LogP contribution in [-0.4, -0.2) is 34.3 Å². The predicted octanol–water partition coefficient (Wildman–Crippen LogP) is 4.89. The molecule has 0 unspecified atom stereocenters. The van der Waals surface area contributed by atoms with Gasteiger partial charge in [0.15, 0.2) is 0 Å². The number of halogens is 3. The van der Waals surface area contributed by atoms with Crippen molar-refractivity contribution in [3.63, 3.8) is 0 Å². The molecule has 0 radical (unpaired) electrons. The lowest BCUT2D eigenvalue weighted by Crippen LogP contribution is -2.30. The van der Waals surface area contributed by atoms with Gasteiger partial charge in [0.1, 0.15) is 0 Å². The molecule has 1 heterocycles. The number of hydrogen-bond donors (Lipinski definition) is 2. The van der Waals surface area contributed by atoms with Gasteiger partial charge in [-0.15, -0.1) is 11.8 Å². The molecule has 0 aliphatic carbocycles. The van der Waals surface area contributed by atoms with Crippen LogP contribution in [-0.2, 0) is 6.42 Å². The van der Waals surface area contributed by atoms with Gasteiger partial charge in [-0.25, -0.2) is 9.48 Å². The molecule has 3 rings (SSSR count). The number of urea groups is 1. The van der Waals surface area contributed by atoms with E-state index in [0.717, 1.165) is 11.4 Å². The highest BCUT2D eigenvalue weighted by atomic mass is 32.2. The molecule has 0 aliphatic heterocycles. The van der Waals surface area contributed by atoms with Crippen LogP contribution in [0, 0.1) is 0 Å². The topological polar surface area (TPSA) is 59.0 Å². The minimum atomic E-state index is -4.27. The zero-order valence-corrected chi connectivity index (χ0v) is 16.1. The lowest BCUT2D eigenvalue weighted by Gasteiger charge is -2.12. The van der Waals surface area contributed by atoms with E-state index in [9.17, 15) is 18.0 Å². The Hall–Kier alpha value is -2.94. The van der Waals surface area contributed by atoms with Crippen molar-refractivity contribution < 1.29 is 18.0 Å². The largest absolute Gasteiger partial charge is 0.398 e. The standard InChI is InChI=1S/C20H19F3N4OS/c21-20(22,23)14-29-18-9-5-4-8-17(18)25-19(28)24-12-10-15-11-13-27(26-15)16-6-2-1-3-7-16/h1-9,11,13H,10,12,14H2,(H2,24,25,28). The number of rotatable bonds is 7. The van der Waals surface area contributed by atoms with Crippen molar-refractivity contribution in [1.82, 2.24) is 15.1 Å². The van der Waals surface area contributed by atoms with Gasteiger partial charge in [0.05, 0.1) is 22.8 Å². The van der Waals surface area contributed by atoms with Gasteiger partial charge in [0, 0.05) is 24.1 Å². The number of hydrogen-bond acceptors (Lipinski definition) is 3. The Labute approximate surface area is 170 Å². The molecule has 0 atom stereocenters. The van der Waals surface area contributed by atoms with E-state index in [1.54, 1.807) is 28.9 Å². The van der Waals surface area contributed by atoms with E-state index in [2.05, 4.69) is 15.7 Å². The number of para-hydroxylation sites is 2. The minimum Gasteiger partial charge on any atom is -0.337 e. The summed E-state index contributed by atoms with van der Waals surface area (Å²) in [5.74, 6) is -1.02. The van der Waals surface area contributed by atoms with Crippen LogP contribution in [0.3, 0.4) is 0 Å². The minimum absolute atomic E-state index is 0.340. The van der Waals surface area contributed by atoms with Gasteiger partial charge >= 0.3 is 12.2 Å². The summed E-state index contributed by atoms with van der Waals surface area (Å²) in [5, 5.41) is 9.76. The summed E-state index contributed by atoms with van der Waals surface area (Å²) in [6.45, 7) is 0.343. The van der Waals surface area contributed by atoms with Gasteiger partial charge in [0.25, 0.3) is 0 Å².